The molecular formula is C74H142O6. The standard InChI is InChI=1S/C74H142O6/c1-4-7-10-13-16-19-22-25-27-29-31-33-35-36-37-38-40-41-43-45-47-49-52-55-58-61-64-67-73(76)79-70-71(69-78-72(75)66-63-60-57-54-51-24-21-18-15-12-9-6-3)80-74(77)68-65-62-59-56-53-50-48-46-44-42-39-34-32-30-28-26-23-20-17-14-11-8-5-2/h18,21,71H,4-17,19-20,22-70H2,1-3H3/b21-18-. The van der Waals surface area contributed by atoms with E-state index in [1.807, 2.05) is 0 Å². The molecule has 0 aliphatic carbocycles. The van der Waals surface area contributed by atoms with E-state index < -0.39 is 6.10 Å². The van der Waals surface area contributed by atoms with Gasteiger partial charge >= 0.3 is 17.9 Å². The molecule has 0 heterocycles. The molecule has 0 N–H and O–H groups in total. The molecule has 0 aromatic carbocycles. The van der Waals surface area contributed by atoms with Crippen LogP contribution in [0.2, 0.25) is 0 Å². The van der Waals surface area contributed by atoms with E-state index >= 15 is 0 Å². The van der Waals surface area contributed by atoms with Crippen LogP contribution in [0, 0.1) is 0 Å². The van der Waals surface area contributed by atoms with Gasteiger partial charge in [0, 0.05) is 19.3 Å². The maximum atomic E-state index is 13.0. The SMILES string of the molecule is CCCCC/C=C\CCCCCCCC(=O)OCC(COC(=O)CCCCCCCCCCCCCCCCCCCCCCCCCCCCC)OC(=O)CCCCCCCCCCCCCCCCCCCCCCCCC. The fourth-order valence-electron chi connectivity index (χ4n) is 11.5. The predicted molar refractivity (Wildman–Crippen MR) is 349 cm³/mol. The number of allylic oxidation sites excluding steroid dienone is 2. The van der Waals surface area contributed by atoms with Crippen LogP contribution in [-0.4, -0.2) is 37.2 Å². The van der Waals surface area contributed by atoms with Gasteiger partial charge in [-0.1, -0.05) is 373 Å². The molecule has 0 bridgehead atoms. The monoisotopic (exact) mass is 1130 g/mol. The molecule has 1 unspecified atom stereocenters. The van der Waals surface area contributed by atoms with Gasteiger partial charge in [-0.3, -0.25) is 14.4 Å². The average Bonchev–Trinajstić information content (AvgIpc) is 3.46. The molecule has 0 rings (SSSR count). The summed E-state index contributed by atoms with van der Waals surface area (Å²) >= 11 is 0. The summed E-state index contributed by atoms with van der Waals surface area (Å²) in [5.41, 5.74) is 0. The van der Waals surface area contributed by atoms with Gasteiger partial charge in [-0.25, -0.2) is 0 Å². The van der Waals surface area contributed by atoms with Crippen molar-refractivity contribution in [3.05, 3.63) is 12.2 Å². The molecule has 80 heavy (non-hydrogen) atoms. The van der Waals surface area contributed by atoms with Crippen molar-refractivity contribution in [1.82, 2.24) is 0 Å². The molecular weight excluding hydrogens is 985 g/mol. The maximum absolute atomic E-state index is 13.0. The normalized spacial score (nSPS) is 12.0. The molecule has 0 aliphatic heterocycles. The lowest BCUT2D eigenvalue weighted by molar-refractivity contribution is -0.167. The minimum atomic E-state index is -0.770. The molecule has 0 fully saturated rings. The van der Waals surface area contributed by atoms with Crippen LogP contribution in [0.1, 0.15) is 425 Å². The van der Waals surface area contributed by atoms with Crippen molar-refractivity contribution in [2.75, 3.05) is 13.2 Å². The highest BCUT2D eigenvalue weighted by Gasteiger charge is 2.20. The van der Waals surface area contributed by atoms with Crippen LogP contribution < -0.4 is 0 Å². The topological polar surface area (TPSA) is 78.9 Å². The zero-order valence-corrected chi connectivity index (χ0v) is 54.6. The van der Waals surface area contributed by atoms with Gasteiger partial charge in [0.15, 0.2) is 6.10 Å². The number of unbranched alkanes of at least 4 members (excludes halogenated alkanes) is 56. The van der Waals surface area contributed by atoms with Crippen molar-refractivity contribution in [3.8, 4) is 0 Å². The average molecular weight is 1130 g/mol. The van der Waals surface area contributed by atoms with Gasteiger partial charge in [-0.2, -0.15) is 0 Å². The third-order valence-corrected chi connectivity index (χ3v) is 17.0. The molecule has 474 valence electrons. The van der Waals surface area contributed by atoms with Crippen LogP contribution in [0.4, 0.5) is 0 Å². The molecule has 0 radical (unpaired) electrons. The van der Waals surface area contributed by atoms with Gasteiger partial charge < -0.3 is 14.2 Å². The van der Waals surface area contributed by atoms with Gasteiger partial charge in [0.1, 0.15) is 13.2 Å². The van der Waals surface area contributed by atoms with Crippen LogP contribution >= 0.6 is 0 Å². The minimum absolute atomic E-state index is 0.0657. The van der Waals surface area contributed by atoms with Crippen molar-refractivity contribution in [3.63, 3.8) is 0 Å². The van der Waals surface area contributed by atoms with E-state index in [9.17, 15) is 14.4 Å². The zero-order valence-electron chi connectivity index (χ0n) is 54.6. The number of carbonyl (C=O) groups excluding carboxylic acids is 3. The van der Waals surface area contributed by atoms with Gasteiger partial charge in [-0.05, 0) is 44.9 Å². The summed E-state index contributed by atoms with van der Waals surface area (Å²) in [5, 5.41) is 0. The Morgan fingerprint density at radius 2 is 0.412 bits per heavy atom. The zero-order chi connectivity index (χ0) is 57.8. The van der Waals surface area contributed by atoms with Gasteiger partial charge in [0.2, 0.25) is 0 Å². The molecule has 0 saturated heterocycles. The second-order valence-corrected chi connectivity index (χ2v) is 25.2. The van der Waals surface area contributed by atoms with Crippen LogP contribution in [0.15, 0.2) is 12.2 Å². The smallest absolute Gasteiger partial charge is 0.306 e. The van der Waals surface area contributed by atoms with Crippen molar-refractivity contribution < 1.29 is 28.6 Å². The molecule has 6 heteroatoms. The molecule has 0 spiro atoms. The van der Waals surface area contributed by atoms with E-state index in [4.69, 9.17) is 14.2 Å². The lowest BCUT2D eigenvalue weighted by Crippen LogP contribution is -2.30. The number of hydrogen-bond acceptors (Lipinski definition) is 6. The Balaban J connectivity index is 4.15. The molecule has 0 amide bonds. The summed E-state index contributed by atoms with van der Waals surface area (Å²) < 4.78 is 17.0. The van der Waals surface area contributed by atoms with E-state index in [1.165, 1.54) is 321 Å². The number of ether oxygens (including phenoxy) is 3. The predicted octanol–water partition coefficient (Wildman–Crippen LogP) is 25.2. The van der Waals surface area contributed by atoms with Crippen molar-refractivity contribution >= 4 is 17.9 Å². The number of esters is 3. The Morgan fingerprint density at radius 3 is 0.650 bits per heavy atom. The third kappa shape index (κ3) is 66.9. The van der Waals surface area contributed by atoms with E-state index in [2.05, 4.69) is 32.9 Å². The highest BCUT2D eigenvalue weighted by atomic mass is 16.6. The minimum Gasteiger partial charge on any atom is -0.462 e. The fourth-order valence-corrected chi connectivity index (χ4v) is 11.5. The lowest BCUT2D eigenvalue weighted by atomic mass is 10.0. The first-order chi connectivity index (χ1) is 39.5. The quantitative estimate of drug-likeness (QED) is 0.0261. The Morgan fingerprint density at radius 1 is 0.237 bits per heavy atom. The van der Waals surface area contributed by atoms with Crippen LogP contribution in [0.3, 0.4) is 0 Å². The summed E-state index contributed by atoms with van der Waals surface area (Å²) in [4.78, 5) is 38.4. The second-order valence-electron chi connectivity index (χ2n) is 25.2. The molecule has 1 atom stereocenters. The number of carbonyl (C=O) groups is 3. The maximum Gasteiger partial charge on any atom is 0.306 e. The fraction of sp³-hybridized carbons (Fsp3) is 0.932. The largest absolute Gasteiger partial charge is 0.462 e. The highest BCUT2D eigenvalue weighted by Crippen LogP contribution is 2.20. The number of hydrogen-bond donors (Lipinski definition) is 0. The summed E-state index contributed by atoms with van der Waals surface area (Å²) in [7, 11) is 0. The summed E-state index contributed by atoms with van der Waals surface area (Å²) in [6.07, 6.45) is 84.1. The van der Waals surface area contributed by atoms with Gasteiger partial charge in [-0.15, -0.1) is 0 Å². The molecule has 0 saturated carbocycles. The van der Waals surface area contributed by atoms with E-state index in [0.717, 1.165) is 64.2 Å². The van der Waals surface area contributed by atoms with E-state index in [0.29, 0.717) is 19.3 Å². The Hall–Kier alpha value is -1.85. The van der Waals surface area contributed by atoms with Gasteiger partial charge in [0.25, 0.3) is 0 Å². The van der Waals surface area contributed by atoms with Crippen LogP contribution in [0.25, 0.3) is 0 Å². The molecule has 0 aromatic heterocycles. The van der Waals surface area contributed by atoms with E-state index in [-0.39, 0.29) is 31.1 Å². The molecule has 0 aliphatic rings. The second kappa shape index (κ2) is 69.6. The highest BCUT2D eigenvalue weighted by molar-refractivity contribution is 5.71. The Kier molecular flexibility index (Phi) is 68.0. The summed E-state index contributed by atoms with van der Waals surface area (Å²) in [6, 6.07) is 0. The first kappa shape index (κ1) is 78.1. The van der Waals surface area contributed by atoms with Crippen LogP contribution in [-0.2, 0) is 28.6 Å². The summed E-state index contributed by atoms with van der Waals surface area (Å²) in [6.45, 7) is 6.71. The van der Waals surface area contributed by atoms with Crippen molar-refractivity contribution in [2.24, 2.45) is 0 Å². The first-order valence-corrected chi connectivity index (χ1v) is 36.7. The van der Waals surface area contributed by atoms with Crippen LogP contribution in [0.5, 0.6) is 0 Å². The summed E-state index contributed by atoms with van der Waals surface area (Å²) in [5.74, 6) is -0.839. The lowest BCUT2D eigenvalue weighted by Gasteiger charge is -2.18. The molecule has 6 nitrogen and oxygen atoms in total. The first-order valence-electron chi connectivity index (χ1n) is 36.7. The van der Waals surface area contributed by atoms with Crippen molar-refractivity contribution in [1.29, 1.82) is 0 Å². The van der Waals surface area contributed by atoms with Crippen molar-refractivity contribution in [2.45, 2.75) is 431 Å². The molecule has 0 aromatic rings. The Bertz CT molecular complexity index is 1250. The number of rotatable bonds is 69. The Labute approximate surface area is 501 Å². The van der Waals surface area contributed by atoms with Gasteiger partial charge in [0.05, 0.1) is 0 Å². The van der Waals surface area contributed by atoms with E-state index in [1.54, 1.807) is 0 Å². The third-order valence-electron chi connectivity index (χ3n) is 17.0.